The summed E-state index contributed by atoms with van der Waals surface area (Å²) in [5.41, 5.74) is 1.97. The highest BCUT2D eigenvalue weighted by molar-refractivity contribution is 5.99. The lowest BCUT2D eigenvalue weighted by atomic mass is 9.68. The molecule has 1 aliphatic heterocycles. The zero-order chi connectivity index (χ0) is 20.9. The van der Waals surface area contributed by atoms with Gasteiger partial charge in [0, 0.05) is 30.3 Å². The molecule has 0 radical (unpaired) electrons. The molecule has 0 spiro atoms. The Labute approximate surface area is 174 Å². The van der Waals surface area contributed by atoms with Crippen LogP contribution < -0.4 is 5.32 Å². The summed E-state index contributed by atoms with van der Waals surface area (Å²) in [4.78, 5) is 26.9. The smallest absolute Gasteiger partial charge is 0.227 e. The van der Waals surface area contributed by atoms with Crippen LogP contribution in [0.25, 0.3) is 0 Å². The van der Waals surface area contributed by atoms with Gasteiger partial charge in [-0.1, -0.05) is 60.7 Å². The number of rotatable bonds is 8. The number of amides is 2. The van der Waals surface area contributed by atoms with E-state index in [2.05, 4.69) is 67.5 Å². The number of piperidine rings is 1. The van der Waals surface area contributed by atoms with E-state index in [0.717, 1.165) is 31.4 Å². The van der Waals surface area contributed by atoms with Crippen LogP contribution in [0.3, 0.4) is 0 Å². The van der Waals surface area contributed by atoms with Gasteiger partial charge in [-0.3, -0.25) is 14.9 Å². The summed E-state index contributed by atoms with van der Waals surface area (Å²) in [6.07, 6.45) is 3.46. The van der Waals surface area contributed by atoms with Crippen molar-refractivity contribution in [1.82, 2.24) is 10.2 Å². The van der Waals surface area contributed by atoms with Gasteiger partial charge in [-0.2, -0.15) is 0 Å². The summed E-state index contributed by atoms with van der Waals surface area (Å²) < 4.78 is 0. The fraction of sp³-hybridized carbons (Fsp3) is 0.440. The first kappa shape index (κ1) is 21.3. The Morgan fingerprint density at radius 2 is 1.48 bits per heavy atom. The number of nitrogens with zero attached hydrogens (tertiary/aromatic N) is 1. The molecular formula is C25H32N2O2. The van der Waals surface area contributed by atoms with Crippen molar-refractivity contribution in [3.63, 3.8) is 0 Å². The van der Waals surface area contributed by atoms with Gasteiger partial charge in [0.2, 0.25) is 11.8 Å². The van der Waals surface area contributed by atoms with Crippen LogP contribution >= 0.6 is 0 Å². The number of hydrogen-bond donors (Lipinski definition) is 1. The van der Waals surface area contributed by atoms with Crippen LogP contribution in [-0.2, 0) is 21.4 Å². The predicted molar refractivity (Wildman–Crippen MR) is 117 cm³/mol. The zero-order valence-corrected chi connectivity index (χ0v) is 17.8. The lowest BCUT2D eigenvalue weighted by molar-refractivity contribution is -0.136. The van der Waals surface area contributed by atoms with E-state index < -0.39 is 5.41 Å². The monoisotopic (exact) mass is 392 g/mol. The highest BCUT2D eigenvalue weighted by Crippen LogP contribution is 2.40. The van der Waals surface area contributed by atoms with Crippen LogP contribution in [0.5, 0.6) is 0 Å². The summed E-state index contributed by atoms with van der Waals surface area (Å²) >= 11 is 0. The highest BCUT2D eigenvalue weighted by Gasteiger charge is 2.42. The Balaban J connectivity index is 1.71. The van der Waals surface area contributed by atoms with E-state index in [1.807, 2.05) is 24.3 Å². The maximum atomic E-state index is 12.2. The largest absolute Gasteiger partial charge is 0.301 e. The SMILES string of the molecule is CN(CCc1ccccc1)C(C)(C)CCC1(c2ccccc2)CC(=O)NC(=O)C1. The zero-order valence-electron chi connectivity index (χ0n) is 17.8. The topological polar surface area (TPSA) is 49.4 Å². The van der Waals surface area contributed by atoms with Crippen LogP contribution in [-0.4, -0.2) is 35.8 Å². The summed E-state index contributed by atoms with van der Waals surface area (Å²) in [6, 6.07) is 20.6. The summed E-state index contributed by atoms with van der Waals surface area (Å²) in [5, 5.41) is 2.47. The van der Waals surface area contributed by atoms with E-state index in [-0.39, 0.29) is 17.4 Å². The molecule has 0 saturated carbocycles. The highest BCUT2D eigenvalue weighted by atomic mass is 16.2. The average molecular weight is 393 g/mol. The van der Waals surface area contributed by atoms with Crippen molar-refractivity contribution >= 4 is 11.8 Å². The van der Waals surface area contributed by atoms with E-state index in [0.29, 0.717) is 12.8 Å². The Bertz CT molecular complexity index is 814. The molecule has 1 saturated heterocycles. The van der Waals surface area contributed by atoms with Crippen LogP contribution in [0.1, 0.15) is 50.7 Å². The van der Waals surface area contributed by atoms with Crippen molar-refractivity contribution in [1.29, 1.82) is 0 Å². The fourth-order valence-corrected chi connectivity index (χ4v) is 4.22. The molecule has 4 nitrogen and oxygen atoms in total. The first-order chi connectivity index (χ1) is 13.8. The maximum absolute atomic E-state index is 12.2. The van der Waals surface area contributed by atoms with Gasteiger partial charge in [-0.25, -0.2) is 0 Å². The Kier molecular flexibility index (Phi) is 6.53. The standard InChI is InChI=1S/C25H32N2O2/c1-24(2,27(3)17-14-20-10-6-4-7-11-20)15-16-25(21-12-8-5-9-13-21)18-22(28)26-23(29)19-25/h4-13H,14-19H2,1-3H3,(H,26,28,29). The third-order valence-electron chi connectivity index (χ3n) is 6.49. The van der Waals surface area contributed by atoms with Gasteiger partial charge in [0.25, 0.3) is 0 Å². The molecule has 1 heterocycles. The van der Waals surface area contributed by atoms with Gasteiger partial charge in [0.05, 0.1) is 0 Å². The first-order valence-electron chi connectivity index (χ1n) is 10.4. The van der Waals surface area contributed by atoms with Crippen molar-refractivity contribution < 1.29 is 9.59 Å². The van der Waals surface area contributed by atoms with Crippen molar-refractivity contribution in [3.8, 4) is 0 Å². The normalized spacial score (nSPS) is 16.7. The molecule has 1 N–H and O–H groups in total. The number of carbonyl (C=O) groups excluding carboxylic acids is 2. The fourth-order valence-electron chi connectivity index (χ4n) is 4.22. The Morgan fingerprint density at radius 1 is 0.931 bits per heavy atom. The van der Waals surface area contributed by atoms with Gasteiger partial charge in [0.15, 0.2) is 0 Å². The minimum atomic E-state index is -0.418. The molecule has 0 aromatic heterocycles. The van der Waals surface area contributed by atoms with Gasteiger partial charge in [0.1, 0.15) is 0 Å². The Hall–Kier alpha value is -2.46. The number of carbonyl (C=O) groups is 2. The van der Waals surface area contributed by atoms with Gasteiger partial charge >= 0.3 is 0 Å². The predicted octanol–water partition coefficient (Wildman–Crippen LogP) is 4.09. The second-order valence-corrected chi connectivity index (χ2v) is 8.94. The van der Waals surface area contributed by atoms with Gasteiger partial charge in [-0.15, -0.1) is 0 Å². The van der Waals surface area contributed by atoms with Gasteiger partial charge < -0.3 is 4.90 Å². The van der Waals surface area contributed by atoms with Crippen molar-refractivity contribution in [2.75, 3.05) is 13.6 Å². The van der Waals surface area contributed by atoms with Crippen LogP contribution in [0.15, 0.2) is 60.7 Å². The first-order valence-corrected chi connectivity index (χ1v) is 10.4. The molecule has 0 unspecified atom stereocenters. The lowest BCUT2D eigenvalue weighted by Crippen LogP contribution is -2.49. The summed E-state index contributed by atoms with van der Waals surface area (Å²) in [5.74, 6) is -0.333. The molecule has 1 aliphatic rings. The molecule has 29 heavy (non-hydrogen) atoms. The summed E-state index contributed by atoms with van der Waals surface area (Å²) in [7, 11) is 2.16. The molecule has 0 aliphatic carbocycles. The van der Waals surface area contributed by atoms with Crippen LogP contribution in [0.2, 0.25) is 0 Å². The van der Waals surface area contributed by atoms with E-state index in [9.17, 15) is 9.59 Å². The summed E-state index contributed by atoms with van der Waals surface area (Å²) in [6.45, 7) is 5.47. The Morgan fingerprint density at radius 3 is 2.07 bits per heavy atom. The number of hydrogen-bond acceptors (Lipinski definition) is 3. The molecule has 0 bridgehead atoms. The average Bonchev–Trinajstić information content (AvgIpc) is 2.71. The molecule has 0 atom stereocenters. The van der Waals surface area contributed by atoms with Crippen molar-refractivity contribution in [3.05, 3.63) is 71.8 Å². The van der Waals surface area contributed by atoms with Crippen molar-refractivity contribution in [2.45, 2.75) is 56.9 Å². The van der Waals surface area contributed by atoms with Gasteiger partial charge in [-0.05, 0) is 51.3 Å². The number of imide groups is 1. The second kappa shape index (κ2) is 8.91. The molecule has 2 amide bonds. The van der Waals surface area contributed by atoms with E-state index in [4.69, 9.17) is 0 Å². The molecule has 154 valence electrons. The third-order valence-corrected chi connectivity index (χ3v) is 6.49. The van der Waals surface area contributed by atoms with Crippen LogP contribution in [0.4, 0.5) is 0 Å². The van der Waals surface area contributed by atoms with E-state index >= 15 is 0 Å². The van der Waals surface area contributed by atoms with E-state index in [1.165, 1.54) is 5.56 Å². The molecule has 2 aromatic rings. The van der Waals surface area contributed by atoms with E-state index in [1.54, 1.807) is 0 Å². The molecule has 3 rings (SSSR count). The number of nitrogens with one attached hydrogen (secondary N) is 1. The number of likely N-dealkylation sites (N-methyl/N-ethyl adjacent to an activating group) is 1. The number of benzene rings is 2. The second-order valence-electron chi connectivity index (χ2n) is 8.94. The minimum absolute atomic E-state index is 0.0342. The molecule has 4 heteroatoms. The van der Waals surface area contributed by atoms with Crippen molar-refractivity contribution in [2.24, 2.45) is 0 Å². The quantitative estimate of drug-likeness (QED) is 0.688. The molecule has 2 aromatic carbocycles. The minimum Gasteiger partial charge on any atom is -0.301 e. The molecule has 1 fully saturated rings. The lowest BCUT2D eigenvalue weighted by Gasteiger charge is -2.42. The molecular weight excluding hydrogens is 360 g/mol. The maximum Gasteiger partial charge on any atom is 0.227 e. The third kappa shape index (κ3) is 5.33. The van der Waals surface area contributed by atoms with Crippen LogP contribution in [0, 0.1) is 0 Å².